The number of benzene rings is 1. The maximum absolute atomic E-state index is 5.82. The summed E-state index contributed by atoms with van der Waals surface area (Å²) in [5.41, 5.74) is 7.57. The standard InChI is InChI=1S/C12H14IN3O/c1-8-11(7-14)12(16(2)15-8)17-10-5-3-9(13)4-6-10/h3-6H,7,14H2,1-2H3. The molecule has 0 aliphatic heterocycles. The lowest BCUT2D eigenvalue weighted by Crippen LogP contribution is -2.01. The van der Waals surface area contributed by atoms with Crippen molar-refractivity contribution in [2.24, 2.45) is 12.8 Å². The lowest BCUT2D eigenvalue weighted by molar-refractivity contribution is 0.426. The molecule has 0 fully saturated rings. The van der Waals surface area contributed by atoms with Gasteiger partial charge in [0, 0.05) is 17.2 Å². The van der Waals surface area contributed by atoms with Gasteiger partial charge in [0.1, 0.15) is 5.75 Å². The minimum absolute atomic E-state index is 0.430. The molecule has 0 aliphatic carbocycles. The highest BCUT2D eigenvalue weighted by atomic mass is 127. The Labute approximate surface area is 114 Å². The molecule has 0 saturated carbocycles. The van der Waals surface area contributed by atoms with Crippen LogP contribution in [0.15, 0.2) is 24.3 Å². The van der Waals surface area contributed by atoms with Crippen molar-refractivity contribution >= 4 is 22.6 Å². The second kappa shape index (κ2) is 5.05. The smallest absolute Gasteiger partial charge is 0.222 e. The number of aryl methyl sites for hydroxylation is 2. The summed E-state index contributed by atoms with van der Waals surface area (Å²) in [6, 6.07) is 7.87. The highest BCUT2D eigenvalue weighted by Crippen LogP contribution is 2.27. The molecule has 0 saturated heterocycles. The summed E-state index contributed by atoms with van der Waals surface area (Å²) in [4.78, 5) is 0. The van der Waals surface area contributed by atoms with E-state index < -0.39 is 0 Å². The number of nitrogens with zero attached hydrogens (tertiary/aromatic N) is 2. The second-order valence-corrected chi connectivity index (χ2v) is 5.00. The number of hydrogen-bond acceptors (Lipinski definition) is 3. The highest BCUT2D eigenvalue weighted by Gasteiger charge is 2.13. The van der Waals surface area contributed by atoms with Gasteiger partial charge in [0.2, 0.25) is 5.88 Å². The SMILES string of the molecule is Cc1nn(C)c(Oc2ccc(I)cc2)c1CN. The van der Waals surface area contributed by atoms with Gasteiger partial charge < -0.3 is 10.5 Å². The van der Waals surface area contributed by atoms with Crippen molar-refractivity contribution in [1.82, 2.24) is 9.78 Å². The molecule has 0 amide bonds. The Bertz CT molecular complexity index is 519. The monoisotopic (exact) mass is 343 g/mol. The quantitative estimate of drug-likeness (QED) is 0.872. The summed E-state index contributed by atoms with van der Waals surface area (Å²) >= 11 is 2.26. The summed E-state index contributed by atoms with van der Waals surface area (Å²) in [6.45, 7) is 2.36. The molecule has 1 aromatic carbocycles. The molecule has 0 radical (unpaired) electrons. The van der Waals surface area contributed by atoms with Gasteiger partial charge in [-0.05, 0) is 53.8 Å². The van der Waals surface area contributed by atoms with E-state index in [0.717, 1.165) is 17.0 Å². The molecule has 0 unspecified atom stereocenters. The Morgan fingerprint density at radius 2 is 2.00 bits per heavy atom. The first-order valence-corrected chi connectivity index (χ1v) is 6.35. The van der Waals surface area contributed by atoms with Crippen molar-refractivity contribution in [2.45, 2.75) is 13.5 Å². The molecule has 0 atom stereocenters. The van der Waals surface area contributed by atoms with Crippen molar-refractivity contribution < 1.29 is 4.74 Å². The van der Waals surface area contributed by atoms with Crippen LogP contribution in [-0.4, -0.2) is 9.78 Å². The predicted octanol–water partition coefficient (Wildman–Crippen LogP) is 2.58. The zero-order chi connectivity index (χ0) is 12.4. The zero-order valence-corrected chi connectivity index (χ0v) is 11.9. The van der Waals surface area contributed by atoms with Gasteiger partial charge >= 0.3 is 0 Å². The van der Waals surface area contributed by atoms with Gasteiger partial charge in [0.05, 0.1) is 11.3 Å². The van der Waals surface area contributed by atoms with Gasteiger partial charge in [-0.15, -0.1) is 0 Å². The maximum atomic E-state index is 5.82. The third-order valence-corrected chi connectivity index (χ3v) is 3.24. The molecule has 2 rings (SSSR count). The first-order chi connectivity index (χ1) is 8.11. The van der Waals surface area contributed by atoms with E-state index in [4.69, 9.17) is 10.5 Å². The van der Waals surface area contributed by atoms with E-state index in [1.165, 1.54) is 3.57 Å². The Balaban J connectivity index is 2.32. The Hall–Kier alpha value is -1.08. The topological polar surface area (TPSA) is 53.1 Å². The van der Waals surface area contributed by atoms with Gasteiger partial charge in [-0.2, -0.15) is 5.10 Å². The fraction of sp³-hybridized carbons (Fsp3) is 0.250. The summed E-state index contributed by atoms with van der Waals surface area (Å²) < 4.78 is 8.72. The molecule has 1 heterocycles. The molecule has 1 aromatic heterocycles. The number of nitrogens with two attached hydrogens (primary N) is 1. The van der Waals surface area contributed by atoms with E-state index in [0.29, 0.717) is 12.4 Å². The molecule has 0 spiro atoms. The first-order valence-electron chi connectivity index (χ1n) is 5.27. The van der Waals surface area contributed by atoms with Crippen LogP contribution in [0.1, 0.15) is 11.3 Å². The predicted molar refractivity (Wildman–Crippen MR) is 75.1 cm³/mol. The molecule has 0 bridgehead atoms. The van der Waals surface area contributed by atoms with Crippen molar-refractivity contribution in [2.75, 3.05) is 0 Å². The van der Waals surface area contributed by atoms with Gasteiger partial charge in [-0.1, -0.05) is 0 Å². The van der Waals surface area contributed by atoms with Crippen LogP contribution in [0.5, 0.6) is 11.6 Å². The molecule has 5 heteroatoms. The largest absolute Gasteiger partial charge is 0.439 e. The molecular formula is C12H14IN3O. The third kappa shape index (κ3) is 2.61. The van der Waals surface area contributed by atoms with Crippen LogP contribution >= 0.6 is 22.6 Å². The Kier molecular flexibility index (Phi) is 3.68. The minimum atomic E-state index is 0.430. The minimum Gasteiger partial charge on any atom is -0.439 e. The van der Waals surface area contributed by atoms with Crippen LogP contribution in [0.3, 0.4) is 0 Å². The van der Waals surface area contributed by atoms with Gasteiger partial charge in [-0.3, -0.25) is 0 Å². The van der Waals surface area contributed by atoms with Crippen molar-refractivity contribution in [3.8, 4) is 11.6 Å². The summed E-state index contributed by atoms with van der Waals surface area (Å²) in [5.74, 6) is 1.51. The average molecular weight is 343 g/mol. The number of ether oxygens (including phenoxy) is 1. The van der Waals surface area contributed by atoms with Crippen LogP contribution in [-0.2, 0) is 13.6 Å². The highest BCUT2D eigenvalue weighted by molar-refractivity contribution is 14.1. The molecule has 0 aliphatic rings. The van der Waals surface area contributed by atoms with Crippen LogP contribution in [0.2, 0.25) is 0 Å². The Morgan fingerprint density at radius 1 is 1.35 bits per heavy atom. The average Bonchev–Trinajstić information content (AvgIpc) is 2.57. The van der Waals surface area contributed by atoms with Crippen LogP contribution in [0.4, 0.5) is 0 Å². The summed E-state index contributed by atoms with van der Waals surface area (Å²) in [7, 11) is 1.86. The van der Waals surface area contributed by atoms with E-state index in [-0.39, 0.29) is 0 Å². The number of halogens is 1. The van der Waals surface area contributed by atoms with Gasteiger partial charge in [0.15, 0.2) is 0 Å². The van der Waals surface area contributed by atoms with Crippen molar-refractivity contribution in [3.63, 3.8) is 0 Å². The molecular weight excluding hydrogens is 329 g/mol. The molecule has 2 aromatic rings. The summed E-state index contributed by atoms with van der Waals surface area (Å²) in [6.07, 6.45) is 0. The fourth-order valence-electron chi connectivity index (χ4n) is 1.66. The number of aromatic nitrogens is 2. The summed E-state index contributed by atoms with van der Waals surface area (Å²) in [5, 5.41) is 4.31. The van der Waals surface area contributed by atoms with E-state index in [2.05, 4.69) is 27.7 Å². The molecule has 90 valence electrons. The van der Waals surface area contributed by atoms with E-state index >= 15 is 0 Å². The van der Waals surface area contributed by atoms with Crippen molar-refractivity contribution in [1.29, 1.82) is 0 Å². The van der Waals surface area contributed by atoms with Crippen LogP contribution < -0.4 is 10.5 Å². The first kappa shape index (κ1) is 12.4. The third-order valence-electron chi connectivity index (χ3n) is 2.52. The van der Waals surface area contributed by atoms with E-state index in [1.807, 2.05) is 38.2 Å². The molecule has 17 heavy (non-hydrogen) atoms. The molecule has 4 nitrogen and oxygen atoms in total. The van der Waals surface area contributed by atoms with E-state index in [1.54, 1.807) is 4.68 Å². The normalized spacial score (nSPS) is 10.6. The number of rotatable bonds is 3. The fourth-order valence-corrected chi connectivity index (χ4v) is 2.02. The lowest BCUT2D eigenvalue weighted by Gasteiger charge is -2.07. The van der Waals surface area contributed by atoms with Crippen molar-refractivity contribution in [3.05, 3.63) is 39.1 Å². The van der Waals surface area contributed by atoms with Gasteiger partial charge in [-0.25, -0.2) is 4.68 Å². The van der Waals surface area contributed by atoms with Crippen LogP contribution in [0, 0.1) is 10.5 Å². The van der Waals surface area contributed by atoms with Crippen LogP contribution in [0.25, 0.3) is 0 Å². The lowest BCUT2D eigenvalue weighted by atomic mass is 10.2. The zero-order valence-electron chi connectivity index (χ0n) is 9.77. The maximum Gasteiger partial charge on any atom is 0.222 e. The Morgan fingerprint density at radius 3 is 2.59 bits per heavy atom. The van der Waals surface area contributed by atoms with E-state index in [9.17, 15) is 0 Å². The van der Waals surface area contributed by atoms with Gasteiger partial charge in [0.25, 0.3) is 0 Å². The number of hydrogen-bond donors (Lipinski definition) is 1. The molecule has 2 N–H and O–H groups in total. The second-order valence-electron chi connectivity index (χ2n) is 3.75.